The van der Waals surface area contributed by atoms with E-state index < -0.39 is 0 Å². The summed E-state index contributed by atoms with van der Waals surface area (Å²) in [4.78, 5) is 21.3. The quantitative estimate of drug-likeness (QED) is 0.817. The number of halogens is 1. The van der Waals surface area contributed by atoms with E-state index in [-0.39, 0.29) is 11.6 Å². The fraction of sp³-hybridized carbons (Fsp3) is 0.312. The van der Waals surface area contributed by atoms with E-state index in [4.69, 9.17) is 16.3 Å². The van der Waals surface area contributed by atoms with E-state index in [1.165, 1.54) is 0 Å². The van der Waals surface area contributed by atoms with Crippen LogP contribution in [0.1, 0.15) is 40.3 Å². The lowest BCUT2D eigenvalue weighted by molar-refractivity contribution is 0.102. The average Bonchev–Trinajstić information content (AvgIpc) is 2.53. The van der Waals surface area contributed by atoms with Crippen LogP contribution in [0.3, 0.4) is 0 Å². The number of carbonyl (C=O) groups excluding carboxylic acids is 1. The Morgan fingerprint density at radius 3 is 2.71 bits per heavy atom. The molecule has 1 aromatic carbocycles. The highest BCUT2D eigenvalue weighted by Crippen LogP contribution is 2.28. The van der Waals surface area contributed by atoms with E-state index in [1.54, 1.807) is 31.4 Å². The van der Waals surface area contributed by atoms with Crippen molar-refractivity contribution in [1.29, 1.82) is 0 Å². The van der Waals surface area contributed by atoms with E-state index in [0.717, 1.165) is 36.9 Å². The van der Waals surface area contributed by atoms with Crippen LogP contribution in [-0.2, 0) is 12.8 Å². The second kappa shape index (κ2) is 5.82. The standard InChI is InChI=1S/C16H15ClN2O2/c1-21-16-11-7-3-5-9-13(11)18-15(19-16)14(20)10-6-2-4-8-12(10)17/h2,4,6,8H,3,5,7,9H2,1H3. The maximum absolute atomic E-state index is 12.6. The van der Waals surface area contributed by atoms with Gasteiger partial charge in [-0.3, -0.25) is 4.79 Å². The third kappa shape index (κ3) is 2.63. The number of rotatable bonds is 3. The third-order valence-corrected chi connectivity index (χ3v) is 3.99. The third-order valence-electron chi connectivity index (χ3n) is 3.66. The molecule has 1 aliphatic rings. The van der Waals surface area contributed by atoms with Crippen molar-refractivity contribution < 1.29 is 9.53 Å². The number of benzene rings is 1. The Hall–Kier alpha value is -1.94. The summed E-state index contributed by atoms with van der Waals surface area (Å²) in [6.45, 7) is 0. The van der Waals surface area contributed by atoms with Crippen molar-refractivity contribution in [2.45, 2.75) is 25.7 Å². The first-order valence-electron chi connectivity index (χ1n) is 6.93. The first-order chi connectivity index (χ1) is 10.2. The Morgan fingerprint density at radius 1 is 1.19 bits per heavy atom. The van der Waals surface area contributed by atoms with Gasteiger partial charge in [0, 0.05) is 11.1 Å². The lowest BCUT2D eigenvalue weighted by atomic mass is 9.96. The first kappa shape index (κ1) is 14.0. The molecule has 1 aliphatic carbocycles. The molecule has 4 nitrogen and oxygen atoms in total. The minimum absolute atomic E-state index is 0.153. The molecule has 108 valence electrons. The van der Waals surface area contributed by atoms with Gasteiger partial charge in [0.25, 0.3) is 0 Å². The molecule has 0 saturated heterocycles. The van der Waals surface area contributed by atoms with Gasteiger partial charge >= 0.3 is 0 Å². The predicted octanol–water partition coefficient (Wildman–Crippen LogP) is 3.25. The summed E-state index contributed by atoms with van der Waals surface area (Å²) in [7, 11) is 1.57. The second-order valence-corrected chi connectivity index (χ2v) is 5.41. The summed E-state index contributed by atoms with van der Waals surface area (Å²) in [5, 5.41) is 0.405. The van der Waals surface area contributed by atoms with Crippen LogP contribution in [-0.4, -0.2) is 22.9 Å². The maximum atomic E-state index is 12.6. The molecule has 0 unspecified atom stereocenters. The molecule has 0 fully saturated rings. The molecule has 0 amide bonds. The number of methoxy groups -OCH3 is 1. The predicted molar refractivity (Wildman–Crippen MR) is 80.1 cm³/mol. The van der Waals surface area contributed by atoms with Crippen molar-refractivity contribution in [2.75, 3.05) is 7.11 Å². The van der Waals surface area contributed by atoms with Crippen LogP contribution in [0.2, 0.25) is 5.02 Å². The van der Waals surface area contributed by atoms with Gasteiger partial charge in [-0.25, -0.2) is 4.98 Å². The van der Waals surface area contributed by atoms with Crippen molar-refractivity contribution in [2.24, 2.45) is 0 Å². The number of carbonyl (C=O) groups is 1. The van der Waals surface area contributed by atoms with E-state index in [1.807, 2.05) is 0 Å². The van der Waals surface area contributed by atoms with Crippen LogP contribution in [0.15, 0.2) is 24.3 Å². The molecule has 0 spiro atoms. The highest BCUT2D eigenvalue weighted by molar-refractivity contribution is 6.34. The number of aromatic nitrogens is 2. The lowest BCUT2D eigenvalue weighted by Crippen LogP contribution is -2.15. The van der Waals surface area contributed by atoms with Crippen LogP contribution in [0.5, 0.6) is 5.88 Å². The van der Waals surface area contributed by atoms with Gasteiger partial charge < -0.3 is 4.74 Å². The molecule has 0 atom stereocenters. The van der Waals surface area contributed by atoms with Gasteiger partial charge in [-0.15, -0.1) is 0 Å². The number of nitrogens with zero attached hydrogens (tertiary/aromatic N) is 2. The Balaban J connectivity index is 2.07. The molecular weight excluding hydrogens is 288 g/mol. The molecule has 0 bridgehead atoms. The van der Waals surface area contributed by atoms with E-state index in [0.29, 0.717) is 16.5 Å². The molecule has 5 heteroatoms. The van der Waals surface area contributed by atoms with Crippen molar-refractivity contribution in [1.82, 2.24) is 9.97 Å². The molecule has 3 rings (SSSR count). The van der Waals surface area contributed by atoms with E-state index >= 15 is 0 Å². The van der Waals surface area contributed by atoms with E-state index in [9.17, 15) is 4.79 Å². The SMILES string of the molecule is COc1nc(C(=O)c2ccccc2Cl)nc2c1CCCC2. The summed E-state index contributed by atoms with van der Waals surface area (Å²) >= 11 is 6.08. The van der Waals surface area contributed by atoms with Crippen molar-refractivity contribution in [3.8, 4) is 5.88 Å². The van der Waals surface area contributed by atoms with Crippen molar-refractivity contribution >= 4 is 17.4 Å². The minimum Gasteiger partial charge on any atom is -0.481 e. The van der Waals surface area contributed by atoms with Crippen LogP contribution >= 0.6 is 11.6 Å². The number of ketones is 1. The topological polar surface area (TPSA) is 52.1 Å². The molecule has 0 radical (unpaired) electrons. The molecule has 2 aromatic rings. The zero-order chi connectivity index (χ0) is 14.8. The Morgan fingerprint density at radius 2 is 1.95 bits per heavy atom. The molecule has 21 heavy (non-hydrogen) atoms. The smallest absolute Gasteiger partial charge is 0.231 e. The van der Waals surface area contributed by atoms with Crippen molar-refractivity contribution in [3.05, 3.63) is 51.9 Å². The van der Waals surface area contributed by atoms with E-state index in [2.05, 4.69) is 9.97 Å². The van der Waals surface area contributed by atoms with Crippen LogP contribution in [0.4, 0.5) is 0 Å². The number of fused-ring (bicyclic) bond motifs is 1. The van der Waals surface area contributed by atoms with Crippen molar-refractivity contribution in [3.63, 3.8) is 0 Å². The first-order valence-corrected chi connectivity index (χ1v) is 7.31. The largest absolute Gasteiger partial charge is 0.481 e. The molecule has 1 heterocycles. The molecular formula is C16H15ClN2O2. The van der Waals surface area contributed by atoms with Gasteiger partial charge in [-0.05, 0) is 37.8 Å². The Bertz CT molecular complexity index is 683. The highest BCUT2D eigenvalue weighted by Gasteiger charge is 2.22. The van der Waals surface area contributed by atoms with Gasteiger partial charge in [0.05, 0.1) is 17.8 Å². The second-order valence-electron chi connectivity index (χ2n) is 5.00. The van der Waals surface area contributed by atoms with Crippen LogP contribution in [0, 0.1) is 0 Å². The molecule has 0 saturated carbocycles. The minimum atomic E-state index is -0.271. The fourth-order valence-electron chi connectivity index (χ4n) is 2.60. The summed E-state index contributed by atoms with van der Waals surface area (Å²) in [6.07, 6.45) is 3.94. The van der Waals surface area contributed by atoms with Gasteiger partial charge in [0.1, 0.15) is 0 Å². The zero-order valence-electron chi connectivity index (χ0n) is 11.7. The molecule has 0 aliphatic heterocycles. The summed E-state index contributed by atoms with van der Waals surface area (Å²) in [5.41, 5.74) is 2.36. The van der Waals surface area contributed by atoms with Gasteiger partial charge in [0.15, 0.2) is 0 Å². The number of hydrogen-bond donors (Lipinski definition) is 0. The van der Waals surface area contributed by atoms with Crippen LogP contribution < -0.4 is 4.74 Å². The molecule has 0 N–H and O–H groups in total. The summed E-state index contributed by atoms with van der Waals surface area (Å²) in [5.74, 6) is 0.392. The van der Waals surface area contributed by atoms with Gasteiger partial charge in [0.2, 0.25) is 17.5 Å². The Labute approximate surface area is 128 Å². The average molecular weight is 303 g/mol. The summed E-state index contributed by atoms with van der Waals surface area (Å²) < 4.78 is 5.33. The fourth-order valence-corrected chi connectivity index (χ4v) is 2.82. The number of ether oxygens (including phenoxy) is 1. The van der Waals surface area contributed by atoms with Gasteiger partial charge in [-0.2, -0.15) is 4.98 Å². The zero-order valence-corrected chi connectivity index (χ0v) is 12.5. The number of aryl methyl sites for hydroxylation is 1. The maximum Gasteiger partial charge on any atom is 0.231 e. The monoisotopic (exact) mass is 302 g/mol. The highest BCUT2D eigenvalue weighted by atomic mass is 35.5. The van der Waals surface area contributed by atoms with Gasteiger partial charge in [-0.1, -0.05) is 23.7 Å². The van der Waals surface area contributed by atoms with Crippen LogP contribution in [0.25, 0.3) is 0 Å². The lowest BCUT2D eigenvalue weighted by Gasteiger charge is -2.17. The summed E-state index contributed by atoms with van der Waals surface area (Å²) in [6, 6.07) is 6.92. The number of hydrogen-bond acceptors (Lipinski definition) is 4. The Kier molecular flexibility index (Phi) is 3.88. The normalized spacial score (nSPS) is 13.6. The molecule has 1 aromatic heterocycles.